The third-order valence-corrected chi connectivity index (χ3v) is 4.58. The second-order valence-electron chi connectivity index (χ2n) is 6.02. The summed E-state index contributed by atoms with van der Waals surface area (Å²) in [6.45, 7) is 0. The Morgan fingerprint density at radius 3 is 1.21 bits per heavy atom. The molecule has 0 radical (unpaired) electrons. The van der Waals surface area contributed by atoms with Crippen LogP contribution in [-0.2, 0) is 5.41 Å². The summed E-state index contributed by atoms with van der Waals surface area (Å²) in [4.78, 5) is 0. The highest BCUT2D eigenvalue weighted by Gasteiger charge is 2.36. The van der Waals surface area contributed by atoms with Gasteiger partial charge in [0.05, 0.1) is 0 Å². The van der Waals surface area contributed by atoms with Crippen LogP contribution in [0.25, 0.3) is 0 Å². The average Bonchev–Trinajstić information content (AvgIpc) is 2.65. The van der Waals surface area contributed by atoms with E-state index < -0.39 is 11.7 Å². The Labute approximate surface area is 143 Å². The van der Waals surface area contributed by atoms with Gasteiger partial charge in [0.1, 0.15) is 0 Å². The molecule has 0 aliphatic rings. The van der Waals surface area contributed by atoms with Gasteiger partial charge in [-0.25, -0.2) is 0 Å². The van der Waals surface area contributed by atoms with Crippen molar-refractivity contribution < 1.29 is 10.2 Å². The van der Waals surface area contributed by atoms with Crippen molar-refractivity contribution in [3.63, 3.8) is 0 Å². The summed E-state index contributed by atoms with van der Waals surface area (Å²) >= 11 is 0. The van der Waals surface area contributed by atoms with E-state index in [-0.39, 0.29) is 0 Å². The van der Waals surface area contributed by atoms with Crippen molar-refractivity contribution in [3.05, 3.63) is 108 Å². The fourth-order valence-corrected chi connectivity index (χ4v) is 3.45. The lowest BCUT2D eigenvalue weighted by molar-refractivity contribution is -0.0483. The molecule has 0 aliphatic heterocycles. The number of aliphatic hydroxyl groups excluding tert-OH is 1. The maximum absolute atomic E-state index is 9.51. The molecular weight excluding hydrogens is 296 g/mol. The van der Waals surface area contributed by atoms with Crippen molar-refractivity contribution >= 4 is 0 Å². The number of hydrogen-bond acceptors (Lipinski definition) is 2. The molecule has 2 N–H and O–H groups in total. The summed E-state index contributed by atoms with van der Waals surface area (Å²) in [6, 6.07) is 30.9. The van der Waals surface area contributed by atoms with E-state index in [1.807, 2.05) is 54.6 Å². The molecule has 0 spiro atoms. The first-order valence-electron chi connectivity index (χ1n) is 8.26. The SMILES string of the molecule is OC(O)CCC(c1ccccc1)(c1ccccc1)c1ccccc1. The van der Waals surface area contributed by atoms with Crippen molar-refractivity contribution in [3.8, 4) is 0 Å². The van der Waals surface area contributed by atoms with Crippen LogP contribution < -0.4 is 0 Å². The highest BCUT2D eigenvalue weighted by atomic mass is 16.5. The number of hydrogen-bond donors (Lipinski definition) is 2. The van der Waals surface area contributed by atoms with Gasteiger partial charge in [-0.05, 0) is 29.5 Å². The molecule has 24 heavy (non-hydrogen) atoms. The minimum Gasteiger partial charge on any atom is -0.368 e. The molecule has 0 aromatic heterocycles. The van der Waals surface area contributed by atoms with Crippen LogP contribution in [0, 0.1) is 0 Å². The lowest BCUT2D eigenvalue weighted by atomic mass is 9.66. The Morgan fingerprint density at radius 1 is 0.583 bits per heavy atom. The molecule has 0 amide bonds. The van der Waals surface area contributed by atoms with Gasteiger partial charge in [-0.2, -0.15) is 0 Å². The number of rotatable bonds is 6. The second-order valence-corrected chi connectivity index (χ2v) is 6.02. The van der Waals surface area contributed by atoms with Gasteiger partial charge < -0.3 is 10.2 Å². The van der Waals surface area contributed by atoms with Gasteiger partial charge >= 0.3 is 0 Å². The van der Waals surface area contributed by atoms with E-state index in [0.29, 0.717) is 12.8 Å². The molecule has 0 atom stereocenters. The van der Waals surface area contributed by atoms with Crippen LogP contribution in [0.1, 0.15) is 29.5 Å². The molecule has 3 aromatic carbocycles. The van der Waals surface area contributed by atoms with Crippen LogP contribution in [0.15, 0.2) is 91.0 Å². The Bertz CT molecular complexity index is 640. The summed E-state index contributed by atoms with van der Waals surface area (Å²) in [5, 5.41) is 19.0. The fraction of sp³-hybridized carbons (Fsp3) is 0.182. The van der Waals surface area contributed by atoms with Crippen LogP contribution in [0.4, 0.5) is 0 Å². The van der Waals surface area contributed by atoms with Gasteiger partial charge in [0.2, 0.25) is 0 Å². The molecule has 0 saturated heterocycles. The smallest absolute Gasteiger partial charge is 0.151 e. The summed E-state index contributed by atoms with van der Waals surface area (Å²) in [7, 11) is 0. The number of benzene rings is 3. The van der Waals surface area contributed by atoms with Gasteiger partial charge in [-0.15, -0.1) is 0 Å². The maximum Gasteiger partial charge on any atom is 0.151 e. The van der Waals surface area contributed by atoms with Crippen LogP contribution in [-0.4, -0.2) is 16.5 Å². The lowest BCUT2D eigenvalue weighted by Crippen LogP contribution is -2.30. The fourth-order valence-electron chi connectivity index (χ4n) is 3.45. The monoisotopic (exact) mass is 318 g/mol. The van der Waals surface area contributed by atoms with Gasteiger partial charge in [-0.1, -0.05) is 91.0 Å². The van der Waals surface area contributed by atoms with Crippen LogP contribution in [0.2, 0.25) is 0 Å². The molecule has 3 aromatic rings. The molecule has 122 valence electrons. The summed E-state index contributed by atoms with van der Waals surface area (Å²) in [5.74, 6) is 0. The molecular formula is C22H22O2. The minimum atomic E-state index is -1.32. The predicted molar refractivity (Wildman–Crippen MR) is 96.7 cm³/mol. The average molecular weight is 318 g/mol. The van der Waals surface area contributed by atoms with Crippen molar-refractivity contribution in [1.82, 2.24) is 0 Å². The number of aliphatic hydroxyl groups is 2. The molecule has 0 unspecified atom stereocenters. The van der Waals surface area contributed by atoms with Crippen LogP contribution >= 0.6 is 0 Å². The van der Waals surface area contributed by atoms with E-state index in [9.17, 15) is 10.2 Å². The first-order chi connectivity index (χ1) is 11.7. The molecule has 0 aliphatic carbocycles. The Balaban J connectivity index is 2.24. The zero-order valence-electron chi connectivity index (χ0n) is 13.5. The normalized spacial score (nSPS) is 11.6. The highest BCUT2D eigenvalue weighted by molar-refractivity contribution is 5.50. The third kappa shape index (κ3) is 3.25. The van der Waals surface area contributed by atoms with Crippen LogP contribution in [0.3, 0.4) is 0 Å². The van der Waals surface area contributed by atoms with Crippen LogP contribution in [0.5, 0.6) is 0 Å². The first kappa shape index (κ1) is 16.4. The summed E-state index contributed by atoms with van der Waals surface area (Å²) in [6.07, 6.45) is -0.401. The molecule has 2 nitrogen and oxygen atoms in total. The van der Waals surface area contributed by atoms with E-state index in [2.05, 4.69) is 36.4 Å². The molecule has 0 saturated carbocycles. The Hall–Kier alpha value is -2.42. The predicted octanol–water partition coefficient (Wildman–Crippen LogP) is 4.11. The highest BCUT2D eigenvalue weighted by Crippen LogP contribution is 2.43. The topological polar surface area (TPSA) is 40.5 Å². The van der Waals surface area contributed by atoms with E-state index in [4.69, 9.17) is 0 Å². The zero-order chi connectivity index (χ0) is 16.8. The molecule has 0 heterocycles. The zero-order valence-corrected chi connectivity index (χ0v) is 13.5. The minimum absolute atomic E-state index is 0.304. The van der Waals surface area contributed by atoms with E-state index >= 15 is 0 Å². The van der Waals surface area contributed by atoms with Crippen molar-refractivity contribution in [1.29, 1.82) is 0 Å². The van der Waals surface area contributed by atoms with Crippen molar-refractivity contribution in [2.45, 2.75) is 24.5 Å². The van der Waals surface area contributed by atoms with Crippen molar-refractivity contribution in [2.75, 3.05) is 0 Å². The molecule has 0 bridgehead atoms. The van der Waals surface area contributed by atoms with E-state index in [0.717, 1.165) is 16.7 Å². The standard InChI is InChI=1S/C22H22O2/c23-21(24)16-17-22(18-10-4-1-5-11-18,19-12-6-2-7-13-19)20-14-8-3-9-15-20/h1-15,21,23-24H,16-17H2. The van der Waals surface area contributed by atoms with Gasteiger partial charge in [0.25, 0.3) is 0 Å². The molecule has 0 fully saturated rings. The molecule has 2 heteroatoms. The summed E-state index contributed by atoms with van der Waals surface area (Å²) < 4.78 is 0. The van der Waals surface area contributed by atoms with E-state index in [1.165, 1.54) is 0 Å². The van der Waals surface area contributed by atoms with Gasteiger partial charge in [0.15, 0.2) is 6.29 Å². The largest absolute Gasteiger partial charge is 0.368 e. The maximum atomic E-state index is 9.51. The Kier molecular flexibility index (Phi) is 5.09. The Morgan fingerprint density at radius 2 is 0.917 bits per heavy atom. The quantitative estimate of drug-likeness (QED) is 0.530. The van der Waals surface area contributed by atoms with Crippen molar-refractivity contribution in [2.24, 2.45) is 0 Å². The second kappa shape index (κ2) is 7.43. The molecule has 3 rings (SSSR count). The van der Waals surface area contributed by atoms with Gasteiger partial charge in [-0.3, -0.25) is 0 Å². The third-order valence-electron chi connectivity index (χ3n) is 4.58. The lowest BCUT2D eigenvalue weighted by Gasteiger charge is -2.36. The van der Waals surface area contributed by atoms with Gasteiger partial charge in [0, 0.05) is 5.41 Å². The first-order valence-corrected chi connectivity index (χ1v) is 8.26. The van der Waals surface area contributed by atoms with E-state index in [1.54, 1.807) is 0 Å². The summed E-state index contributed by atoms with van der Waals surface area (Å²) in [5.41, 5.74) is 3.06.